The minimum atomic E-state index is -0.667. The van der Waals surface area contributed by atoms with E-state index in [1.54, 1.807) is 19.1 Å². The van der Waals surface area contributed by atoms with E-state index >= 15 is 0 Å². The Morgan fingerprint density at radius 3 is 2.70 bits per heavy atom. The molecule has 2 aromatic rings. The van der Waals surface area contributed by atoms with Gasteiger partial charge in [-0.05, 0) is 40.2 Å². The van der Waals surface area contributed by atoms with Crippen LogP contribution in [0.2, 0.25) is 10.0 Å². The summed E-state index contributed by atoms with van der Waals surface area (Å²) in [6, 6.07) is 7.54. The number of carbonyl (C=O) groups is 1. The number of amides is 1. The molecule has 0 spiro atoms. The number of aryl methyl sites for hydroxylation is 1. The Bertz CT molecular complexity index is 768. The van der Waals surface area contributed by atoms with Crippen LogP contribution in [0.15, 0.2) is 30.3 Å². The molecular weight excluding hydrogens is 345 g/mol. The second kappa shape index (κ2) is 7.26. The monoisotopic (exact) mass is 355 g/mol. The summed E-state index contributed by atoms with van der Waals surface area (Å²) in [5.74, 6) is -1.02. The number of nitrogens with one attached hydrogen (secondary N) is 1. The number of ether oxygens (including phenoxy) is 1. The average Bonchev–Trinajstić information content (AvgIpc) is 2.49. The van der Waals surface area contributed by atoms with Gasteiger partial charge in [0.1, 0.15) is 5.69 Å². The van der Waals surface area contributed by atoms with Crippen LogP contribution in [-0.4, -0.2) is 22.4 Å². The van der Waals surface area contributed by atoms with Crippen molar-refractivity contribution in [1.29, 1.82) is 0 Å². The minimum Gasteiger partial charge on any atom is -0.476 e. The fourth-order valence-electron chi connectivity index (χ4n) is 1.69. The normalized spacial score (nSPS) is 10.2. The summed E-state index contributed by atoms with van der Waals surface area (Å²) in [6.07, 6.45) is 0. The van der Waals surface area contributed by atoms with Crippen LogP contribution in [0.25, 0.3) is 0 Å². The van der Waals surface area contributed by atoms with Crippen molar-refractivity contribution in [2.24, 2.45) is 0 Å². The molecule has 23 heavy (non-hydrogen) atoms. The smallest absolute Gasteiger partial charge is 0.406 e. The lowest BCUT2D eigenvalue weighted by molar-refractivity contribution is -0.390. The largest absolute Gasteiger partial charge is 0.476 e. The molecule has 0 radical (unpaired) electrons. The first-order valence-corrected chi connectivity index (χ1v) is 7.12. The first-order chi connectivity index (χ1) is 10.9. The first kappa shape index (κ1) is 17.0. The van der Waals surface area contributed by atoms with Crippen LogP contribution in [-0.2, 0) is 4.79 Å². The summed E-state index contributed by atoms with van der Waals surface area (Å²) in [4.78, 5) is 25.8. The molecule has 9 heteroatoms. The molecule has 0 aliphatic carbocycles. The molecule has 0 aliphatic heterocycles. The van der Waals surface area contributed by atoms with Gasteiger partial charge < -0.3 is 20.2 Å². The lowest BCUT2D eigenvalue weighted by atomic mass is 10.3. The molecule has 0 saturated carbocycles. The molecule has 0 unspecified atom stereocenters. The molecule has 0 atom stereocenters. The van der Waals surface area contributed by atoms with Gasteiger partial charge in [-0.2, -0.15) is 0 Å². The third-order valence-electron chi connectivity index (χ3n) is 2.71. The molecule has 1 aromatic heterocycles. The number of aromatic nitrogens is 1. The Morgan fingerprint density at radius 2 is 2.04 bits per heavy atom. The molecule has 1 heterocycles. The zero-order chi connectivity index (χ0) is 17.0. The van der Waals surface area contributed by atoms with Crippen LogP contribution < -0.4 is 10.1 Å². The highest BCUT2D eigenvalue weighted by Gasteiger charge is 2.18. The molecule has 0 fully saturated rings. The van der Waals surface area contributed by atoms with Gasteiger partial charge >= 0.3 is 5.82 Å². The number of hydrogen-bond acceptors (Lipinski definition) is 5. The first-order valence-electron chi connectivity index (χ1n) is 6.36. The number of benzene rings is 1. The van der Waals surface area contributed by atoms with Crippen LogP contribution in [0.1, 0.15) is 5.69 Å². The molecule has 1 N–H and O–H groups in total. The molecule has 0 bridgehead atoms. The van der Waals surface area contributed by atoms with E-state index in [1.165, 1.54) is 18.2 Å². The van der Waals surface area contributed by atoms with Crippen molar-refractivity contribution in [2.75, 3.05) is 11.9 Å². The Hall–Kier alpha value is -2.38. The van der Waals surface area contributed by atoms with E-state index in [0.717, 1.165) is 0 Å². The molecule has 2 rings (SSSR count). The predicted octanol–water partition coefficient (Wildman–Crippen LogP) is 3.62. The highest BCUT2D eigenvalue weighted by Crippen LogP contribution is 2.26. The molecule has 1 aromatic carbocycles. The molecule has 120 valence electrons. The fourth-order valence-corrected chi connectivity index (χ4v) is 1.99. The van der Waals surface area contributed by atoms with Crippen LogP contribution in [0.5, 0.6) is 5.75 Å². The van der Waals surface area contributed by atoms with E-state index in [2.05, 4.69) is 10.3 Å². The second-order valence-electron chi connectivity index (χ2n) is 4.50. The Morgan fingerprint density at radius 1 is 1.30 bits per heavy atom. The van der Waals surface area contributed by atoms with Gasteiger partial charge in [0.25, 0.3) is 5.91 Å². The van der Waals surface area contributed by atoms with E-state index in [4.69, 9.17) is 27.9 Å². The van der Waals surface area contributed by atoms with E-state index < -0.39 is 23.3 Å². The number of halogens is 2. The van der Waals surface area contributed by atoms with E-state index in [0.29, 0.717) is 21.4 Å². The van der Waals surface area contributed by atoms with Gasteiger partial charge in [-0.3, -0.25) is 4.79 Å². The zero-order valence-electron chi connectivity index (χ0n) is 11.9. The lowest BCUT2D eigenvalue weighted by Crippen LogP contribution is -2.20. The number of anilines is 1. The Labute approximate surface area is 141 Å². The molecule has 7 nitrogen and oxygen atoms in total. The van der Waals surface area contributed by atoms with Gasteiger partial charge in [0.2, 0.25) is 5.75 Å². The second-order valence-corrected chi connectivity index (χ2v) is 5.31. The highest BCUT2D eigenvalue weighted by molar-refractivity contribution is 6.42. The van der Waals surface area contributed by atoms with Crippen molar-refractivity contribution in [3.05, 3.63) is 56.2 Å². The SMILES string of the molecule is Cc1ccc(OCC(=O)Nc2ccc(Cl)c(Cl)c2)c([N+](=O)[O-])n1. The van der Waals surface area contributed by atoms with Gasteiger partial charge in [0, 0.05) is 12.6 Å². The number of carbonyl (C=O) groups excluding carboxylic acids is 1. The Kier molecular flexibility index (Phi) is 5.36. The van der Waals surface area contributed by atoms with Crippen LogP contribution in [0, 0.1) is 17.0 Å². The number of pyridine rings is 1. The third-order valence-corrected chi connectivity index (χ3v) is 3.45. The summed E-state index contributed by atoms with van der Waals surface area (Å²) >= 11 is 11.6. The molecule has 0 saturated heterocycles. The maximum atomic E-state index is 11.8. The van der Waals surface area contributed by atoms with Crippen molar-refractivity contribution >= 4 is 40.6 Å². The summed E-state index contributed by atoms with van der Waals surface area (Å²) in [7, 11) is 0. The highest BCUT2D eigenvalue weighted by atomic mass is 35.5. The molecule has 1 amide bonds. The standard InChI is InChI=1S/C14H11Cl2N3O4/c1-8-2-5-12(14(17-8)19(21)22)23-7-13(20)18-9-3-4-10(15)11(16)6-9/h2-6H,7H2,1H3,(H,18,20). The van der Waals surface area contributed by atoms with Gasteiger partial charge in [-0.25, -0.2) is 0 Å². The number of nitrogens with zero attached hydrogens (tertiary/aromatic N) is 2. The minimum absolute atomic E-state index is 0.0788. The van der Waals surface area contributed by atoms with Gasteiger partial charge in [-0.15, -0.1) is 0 Å². The van der Waals surface area contributed by atoms with Crippen LogP contribution >= 0.6 is 23.2 Å². The van der Waals surface area contributed by atoms with E-state index in [1.807, 2.05) is 0 Å². The van der Waals surface area contributed by atoms with Crippen LogP contribution in [0.3, 0.4) is 0 Å². The van der Waals surface area contributed by atoms with Crippen molar-refractivity contribution in [1.82, 2.24) is 4.98 Å². The van der Waals surface area contributed by atoms with Crippen molar-refractivity contribution < 1.29 is 14.5 Å². The summed E-state index contributed by atoms with van der Waals surface area (Å²) in [5.41, 5.74) is 0.911. The van der Waals surface area contributed by atoms with Gasteiger partial charge in [0.05, 0.1) is 10.0 Å². The summed E-state index contributed by atoms with van der Waals surface area (Å²) in [5, 5.41) is 14.1. The van der Waals surface area contributed by atoms with Crippen molar-refractivity contribution in [2.45, 2.75) is 6.92 Å². The maximum Gasteiger partial charge on any atom is 0.406 e. The molecule has 0 aliphatic rings. The topological polar surface area (TPSA) is 94.4 Å². The quantitative estimate of drug-likeness (QED) is 0.652. The lowest BCUT2D eigenvalue weighted by Gasteiger charge is -2.08. The van der Waals surface area contributed by atoms with E-state index in [9.17, 15) is 14.9 Å². The third kappa shape index (κ3) is 4.54. The maximum absolute atomic E-state index is 11.8. The zero-order valence-corrected chi connectivity index (χ0v) is 13.4. The van der Waals surface area contributed by atoms with Gasteiger partial charge in [-0.1, -0.05) is 23.2 Å². The summed E-state index contributed by atoms with van der Waals surface area (Å²) < 4.78 is 5.17. The van der Waals surface area contributed by atoms with Crippen molar-refractivity contribution in [3.63, 3.8) is 0 Å². The number of nitro groups is 1. The van der Waals surface area contributed by atoms with Crippen molar-refractivity contribution in [3.8, 4) is 5.75 Å². The summed E-state index contributed by atoms with van der Waals surface area (Å²) in [6.45, 7) is 1.21. The average molecular weight is 356 g/mol. The van der Waals surface area contributed by atoms with Crippen LogP contribution in [0.4, 0.5) is 11.5 Å². The molecular formula is C14H11Cl2N3O4. The van der Waals surface area contributed by atoms with E-state index in [-0.39, 0.29) is 5.75 Å². The predicted molar refractivity (Wildman–Crippen MR) is 86.2 cm³/mol. The number of hydrogen-bond donors (Lipinski definition) is 1. The fraction of sp³-hybridized carbons (Fsp3) is 0.143. The van der Waals surface area contributed by atoms with Gasteiger partial charge in [0.15, 0.2) is 6.61 Å². The number of rotatable bonds is 5. The Balaban J connectivity index is 2.02.